The molecule has 1 fully saturated rings. The van der Waals surface area contributed by atoms with Crippen LogP contribution in [0.5, 0.6) is 5.75 Å². The summed E-state index contributed by atoms with van der Waals surface area (Å²) in [5.74, 6) is 0.424. The summed E-state index contributed by atoms with van der Waals surface area (Å²) in [4.78, 5) is 14.6. The Bertz CT molecular complexity index is 680. The summed E-state index contributed by atoms with van der Waals surface area (Å²) in [7, 11) is -2.16. The van der Waals surface area contributed by atoms with E-state index in [2.05, 4.69) is 4.72 Å². The van der Waals surface area contributed by atoms with Gasteiger partial charge in [-0.15, -0.1) is 0 Å². The van der Waals surface area contributed by atoms with Crippen LogP contribution in [-0.2, 0) is 10.0 Å². The number of amides is 1. The molecule has 0 spiro atoms. The molecule has 1 aliphatic heterocycles. The second-order valence-corrected chi connectivity index (χ2v) is 8.23. The standard InChI is InChI=1S/C17H26N2O4S/c1-13(2)12-18-24(21,22)14-7-8-16(23-3)15(11-14)17(20)19-9-5-4-6-10-19/h7-8,11,13,18H,4-6,9-10,12H2,1-3H3. The van der Waals surface area contributed by atoms with E-state index in [-0.39, 0.29) is 16.7 Å². The largest absolute Gasteiger partial charge is 0.496 e. The van der Waals surface area contributed by atoms with Crippen LogP contribution < -0.4 is 9.46 Å². The van der Waals surface area contributed by atoms with Gasteiger partial charge in [0.15, 0.2) is 0 Å². The molecule has 0 aliphatic carbocycles. The van der Waals surface area contributed by atoms with Gasteiger partial charge in [-0.25, -0.2) is 13.1 Å². The number of benzene rings is 1. The Kier molecular flexibility index (Phi) is 6.23. The molecule has 0 bridgehead atoms. The first kappa shape index (κ1) is 18.7. The Morgan fingerprint density at radius 2 is 1.92 bits per heavy atom. The molecule has 134 valence electrons. The maximum atomic E-state index is 12.8. The second-order valence-electron chi connectivity index (χ2n) is 6.46. The first-order valence-corrected chi connectivity index (χ1v) is 9.80. The van der Waals surface area contributed by atoms with E-state index in [1.165, 1.54) is 19.2 Å². The number of piperidine rings is 1. The third-order valence-corrected chi connectivity index (χ3v) is 5.46. The number of hydrogen-bond acceptors (Lipinski definition) is 4. The van der Waals surface area contributed by atoms with Crippen molar-refractivity contribution in [2.45, 2.75) is 38.0 Å². The van der Waals surface area contributed by atoms with E-state index in [1.54, 1.807) is 11.0 Å². The topological polar surface area (TPSA) is 75.7 Å². The summed E-state index contributed by atoms with van der Waals surface area (Å²) >= 11 is 0. The van der Waals surface area contributed by atoms with Crippen molar-refractivity contribution in [3.8, 4) is 5.75 Å². The van der Waals surface area contributed by atoms with Gasteiger partial charge in [0.05, 0.1) is 17.6 Å². The van der Waals surface area contributed by atoms with Crippen molar-refractivity contribution in [1.29, 1.82) is 0 Å². The highest BCUT2D eigenvalue weighted by Gasteiger charge is 2.24. The van der Waals surface area contributed by atoms with Gasteiger partial charge in [0, 0.05) is 19.6 Å². The molecule has 6 nitrogen and oxygen atoms in total. The third-order valence-electron chi connectivity index (χ3n) is 4.04. The molecule has 7 heteroatoms. The monoisotopic (exact) mass is 354 g/mol. The lowest BCUT2D eigenvalue weighted by Gasteiger charge is -2.27. The van der Waals surface area contributed by atoms with E-state index < -0.39 is 10.0 Å². The number of carbonyl (C=O) groups excluding carboxylic acids is 1. The Morgan fingerprint density at radius 3 is 2.50 bits per heavy atom. The molecule has 2 rings (SSSR count). The number of nitrogens with zero attached hydrogens (tertiary/aromatic N) is 1. The van der Waals surface area contributed by atoms with E-state index in [4.69, 9.17) is 4.74 Å². The minimum Gasteiger partial charge on any atom is -0.496 e. The Balaban J connectivity index is 2.31. The van der Waals surface area contributed by atoms with Gasteiger partial charge in [0.2, 0.25) is 10.0 Å². The second kappa shape index (κ2) is 7.98. The highest BCUT2D eigenvalue weighted by atomic mass is 32.2. The van der Waals surface area contributed by atoms with Crippen LogP contribution in [0.4, 0.5) is 0 Å². The summed E-state index contributed by atoms with van der Waals surface area (Å²) in [6, 6.07) is 4.42. The first-order chi connectivity index (χ1) is 11.3. The number of methoxy groups -OCH3 is 1. The number of hydrogen-bond donors (Lipinski definition) is 1. The predicted molar refractivity (Wildman–Crippen MR) is 92.8 cm³/mol. The Hall–Kier alpha value is -1.60. The number of likely N-dealkylation sites (tertiary alicyclic amines) is 1. The van der Waals surface area contributed by atoms with Crippen LogP contribution >= 0.6 is 0 Å². The summed E-state index contributed by atoms with van der Waals surface area (Å²) < 4.78 is 32.6. The molecule has 1 amide bonds. The lowest BCUT2D eigenvalue weighted by Crippen LogP contribution is -2.36. The van der Waals surface area contributed by atoms with Gasteiger partial charge in [-0.05, 0) is 43.4 Å². The lowest BCUT2D eigenvalue weighted by atomic mass is 10.1. The van der Waals surface area contributed by atoms with Crippen molar-refractivity contribution in [3.63, 3.8) is 0 Å². The van der Waals surface area contributed by atoms with Crippen LogP contribution in [0.15, 0.2) is 23.1 Å². The number of rotatable bonds is 6. The molecular formula is C17H26N2O4S. The molecule has 24 heavy (non-hydrogen) atoms. The van der Waals surface area contributed by atoms with Crippen molar-refractivity contribution in [3.05, 3.63) is 23.8 Å². The number of nitrogens with one attached hydrogen (secondary N) is 1. The average Bonchev–Trinajstić information content (AvgIpc) is 2.59. The quantitative estimate of drug-likeness (QED) is 0.850. The highest BCUT2D eigenvalue weighted by Crippen LogP contribution is 2.25. The van der Waals surface area contributed by atoms with Crippen molar-refractivity contribution in [1.82, 2.24) is 9.62 Å². The van der Waals surface area contributed by atoms with Crippen LogP contribution in [0.3, 0.4) is 0 Å². The van der Waals surface area contributed by atoms with Crippen LogP contribution in [0.2, 0.25) is 0 Å². The zero-order valence-corrected chi connectivity index (χ0v) is 15.4. The van der Waals surface area contributed by atoms with Gasteiger partial charge in [-0.3, -0.25) is 4.79 Å². The van der Waals surface area contributed by atoms with E-state index in [1.807, 2.05) is 13.8 Å². The molecule has 0 atom stereocenters. The Morgan fingerprint density at radius 1 is 1.25 bits per heavy atom. The number of carbonyl (C=O) groups is 1. The molecule has 1 heterocycles. The van der Waals surface area contributed by atoms with Gasteiger partial charge in [0.1, 0.15) is 5.75 Å². The Labute approximate surface area is 144 Å². The average molecular weight is 354 g/mol. The molecule has 1 aromatic rings. The fourth-order valence-corrected chi connectivity index (χ4v) is 3.89. The van der Waals surface area contributed by atoms with Crippen molar-refractivity contribution in [2.24, 2.45) is 5.92 Å². The van der Waals surface area contributed by atoms with Crippen molar-refractivity contribution >= 4 is 15.9 Å². The minimum absolute atomic E-state index is 0.0873. The van der Waals surface area contributed by atoms with E-state index >= 15 is 0 Å². The number of sulfonamides is 1. The maximum Gasteiger partial charge on any atom is 0.257 e. The molecule has 0 aromatic heterocycles. The highest BCUT2D eigenvalue weighted by molar-refractivity contribution is 7.89. The van der Waals surface area contributed by atoms with E-state index in [9.17, 15) is 13.2 Å². The molecule has 0 radical (unpaired) electrons. The van der Waals surface area contributed by atoms with Crippen LogP contribution in [0, 0.1) is 5.92 Å². The molecule has 1 N–H and O–H groups in total. The SMILES string of the molecule is COc1ccc(S(=O)(=O)NCC(C)C)cc1C(=O)N1CCCCC1. The van der Waals surface area contributed by atoms with Crippen LogP contribution in [0.25, 0.3) is 0 Å². The fourth-order valence-electron chi connectivity index (χ4n) is 2.65. The minimum atomic E-state index is -3.64. The molecule has 0 unspecified atom stereocenters. The summed E-state index contributed by atoms with van der Waals surface area (Å²) in [6.45, 7) is 5.61. The molecule has 0 saturated carbocycles. The molecule has 1 saturated heterocycles. The third kappa shape index (κ3) is 4.48. The van der Waals surface area contributed by atoms with Gasteiger partial charge in [0.25, 0.3) is 5.91 Å². The molecule has 1 aromatic carbocycles. The van der Waals surface area contributed by atoms with Gasteiger partial charge in [-0.1, -0.05) is 13.8 Å². The smallest absolute Gasteiger partial charge is 0.257 e. The van der Waals surface area contributed by atoms with Gasteiger partial charge < -0.3 is 9.64 Å². The fraction of sp³-hybridized carbons (Fsp3) is 0.588. The number of ether oxygens (including phenoxy) is 1. The normalized spacial score (nSPS) is 15.6. The van der Waals surface area contributed by atoms with Crippen molar-refractivity contribution < 1.29 is 17.9 Å². The summed E-state index contributed by atoms with van der Waals surface area (Å²) in [6.07, 6.45) is 3.07. The van der Waals surface area contributed by atoms with Crippen LogP contribution in [-0.4, -0.2) is 46.0 Å². The first-order valence-electron chi connectivity index (χ1n) is 8.32. The summed E-state index contributed by atoms with van der Waals surface area (Å²) in [5.41, 5.74) is 0.298. The zero-order valence-electron chi connectivity index (χ0n) is 14.5. The summed E-state index contributed by atoms with van der Waals surface area (Å²) in [5, 5.41) is 0. The lowest BCUT2D eigenvalue weighted by molar-refractivity contribution is 0.0720. The van der Waals surface area contributed by atoms with Gasteiger partial charge in [-0.2, -0.15) is 0 Å². The van der Waals surface area contributed by atoms with Gasteiger partial charge >= 0.3 is 0 Å². The maximum absolute atomic E-state index is 12.8. The molecular weight excluding hydrogens is 328 g/mol. The van der Waals surface area contributed by atoms with Crippen molar-refractivity contribution in [2.75, 3.05) is 26.7 Å². The predicted octanol–water partition coefficient (Wildman–Crippen LogP) is 2.26. The van der Waals surface area contributed by atoms with E-state index in [0.29, 0.717) is 30.9 Å². The van der Waals surface area contributed by atoms with Crippen LogP contribution in [0.1, 0.15) is 43.5 Å². The zero-order chi connectivity index (χ0) is 17.7. The van der Waals surface area contributed by atoms with E-state index in [0.717, 1.165) is 19.3 Å². The molecule has 1 aliphatic rings.